The van der Waals surface area contributed by atoms with Crippen LogP contribution in [0, 0.1) is 5.82 Å². The van der Waals surface area contributed by atoms with E-state index >= 15 is 0 Å². The first kappa shape index (κ1) is 13.4. The molecule has 0 radical (unpaired) electrons. The summed E-state index contributed by atoms with van der Waals surface area (Å²) in [6, 6.07) is 6.34. The first-order valence-corrected chi connectivity index (χ1v) is 6.64. The van der Waals surface area contributed by atoms with Crippen LogP contribution in [-0.4, -0.2) is 9.97 Å². The molecule has 0 aliphatic carbocycles. The summed E-state index contributed by atoms with van der Waals surface area (Å²) in [4.78, 5) is 8.75. The summed E-state index contributed by atoms with van der Waals surface area (Å²) in [5.41, 5.74) is 1.49. The van der Waals surface area contributed by atoms with E-state index in [1.807, 2.05) is 13.8 Å². The van der Waals surface area contributed by atoms with Crippen LogP contribution in [-0.2, 0) is 0 Å². The fourth-order valence-electron chi connectivity index (χ4n) is 1.50. The maximum Gasteiger partial charge on any atom is 0.141 e. The van der Waals surface area contributed by atoms with Crippen molar-refractivity contribution in [2.75, 3.05) is 0 Å². The van der Waals surface area contributed by atoms with E-state index in [2.05, 4.69) is 25.9 Å². The van der Waals surface area contributed by atoms with Gasteiger partial charge in [-0.25, -0.2) is 14.4 Å². The number of hydrogen-bond acceptors (Lipinski definition) is 2. The van der Waals surface area contributed by atoms with Crippen molar-refractivity contribution in [2.24, 2.45) is 0 Å². The molecule has 1 aromatic heterocycles. The van der Waals surface area contributed by atoms with Crippen molar-refractivity contribution in [1.29, 1.82) is 0 Å². The van der Waals surface area contributed by atoms with Crippen molar-refractivity contribution in [3.05, 3.63) is 45.5 Å². The van der Waals surface area contributed by atoms with Gasteiger partial charge in [0.1, 0.15) is 16.2 Å². The molecule has 0 atom stereocenters. The zero-order valence-corrected chi connectivity index (χ0v) is 12.3. The maximum atomic E-state index is 13.1. The van der Waals surface area contributed by atoms with E-state index in [1.54, 1.807) is 18.2 Å². The van der Waals surface area contributed by atoms with E-state index in [0.29, 0.717) is 4.60 Å². The molecule has 0 aliphatic heterocycles. The second kappa shape index (κ2) is 5.33. The molecule has 0 bridgehead atoms. The fraction of sp³-hybridized carbons (Fsp3) is 0.231. The Balaban J connectivity index is 2.53. The highest BCUT2D eigenvalue weighted by molar-refractivity contribution is 9.10. The summed E-state index contributed by atoms with van der Waals surface area (Å²) in [6.45, 7) is 4.03. The fourth-order valence-corrected chi connectivity index (χ4v) is 2.08. The molecule has 0 fully saturated rings. The molecule has 0 unspecified atom stereocenters. The molecule has 1 heterocycles. The van der Waals surface area contributed by atoms with Crippen LogP contribution >= 0.6 is 27.5 Å². The number of rotatable bonds is 2. The number of aromatic nitrogens is 2. The molecular weight excluding hydrogens is 319 g/mol. The zero-order chi connectivity index (χ0) is 13.3. The zero-order valence-electron chi connectivity index (χ0n) is 9.92. The second-order valence-electron chi connectivity index (χ2n) is 4.22. The molecule has 0 N–H and O–H groups in total. The lowest BCUT2D eigenvalue weighted by Gasteiger charge is -2.08. The molecule has 0 amide bonds. The first-order chi connectivity index (χ1) is 8.47. The minimum Gasteiger partial charge on any atom is -0.233 e. The smallest absolute Gasteiger partial charge is 0.141 e. The van der Waals surface area contributed by atoms with Crippen LogP contribution in [0.1, 0.15) is 25.6 Å². The topological polar surface area (TPSA) is 25.8 Å². The molecule has 2 aromatic rings. The van der Waals surface area contributed by atoms with Crippen molar-refractivity contribution >= 4 is 27.5 Å². The Kier molecular flexibility index (Phi) is 3.97. The van der Waals surface area contributed by atoms with E-state index in [-0.39, 0.29) is 10.9 Å². The van der Waals surface area contributed by atoms with Crippen molar-refractivity contribution in [3.8, 4) is 11.3 Å². The molecule has 0 aliphatic rings. The number of halogens is 3. The van der Waals surface area contributed by atoms with Crippen LogP contribution in [0.25, 0.3) is 11.3 Å². The monoisotopic (exact) mass is 328 g/mol. The van der Waals surface area contributed by atoms with Crippen LogP contribution < -0.4 is 0 Å². The van der Waals surface area contributed by atoms with Crippen molar-refractivity contribution < 1.29 is 4.39 Å². The van der Waals surface area contributed by atoms with Gasteiger partial charge in [0, 0.05) is 11.5 Å². The minimum atomic E-state index is -0.433. The summed E-state index contributed by atoms with van der Waals surface area (Å²) >= 11 is 9.13. The van der Waals surface area contributed by atoms with E-state index in [9.17, 15) is 4.39 Å². The SMILES string of the molecule is CC(C)c1nc(Br)cc(-c2ccc(F)c(Cl)c2)n1. The number of hydrogen-bond donors (Lipinski definition) is 0. The first-order valence-electron chi connectivity index (χ1n) is 5.47. The molecule has 2 rings (SSSR count). The van der Waals surface area contributed by atoms with Gasteiger partial charge in [0.25, 0.3) is 0 Å². The molecule has 94 valence electrons. The predicted molar refractivity (Wildman–Crippen MR) is 74.2 cm³/mol. The van der Waals surface area contributed by atoms with Crippen molar-refractivity contribution in [3.63, 3.8) is 0 Å². The Bertz CT molecular complexity index is 587. The van der Waals surface area contributed by atoms with Gasteiger partial charge in [0.15, 0.2) is 0 Å². The van der Waals surface area contributed by atoms with Gasteiger partial charge < -0.3 is 0 Å². The van der Waals surface area contributed by atoms with E-state index in [4.69, 9.17) is 11.6 Å². The quantitative estimate of drug-likeness (QED) is 0.738. The van der Waals surface area contributed by atoms with Gasteiger partial charge in [0.05, 0.1) is 10.7 Å². The molecule has 1 aromatic carbocycles. The average Bonchev–Trinajstić information content (AvgIpc) is 2.31. The Hall–Kier alpha value is -1.00. The normalized spacial score (nSPS) is 11.0. The van der Waals surface area contributed by atoms with Gasteiger partial charge >= 0.3 is 0 Å². The van der Waals surface area contributed by atoms with E-state index < -0.39 is 5.82 Å². The molecule has 0 saturated heterocycles. The predicted octanol–water partition coefficient (Wildman–Crippen LogP) is 4.82. The highest BCUT2D eigenvalue weighted by atomic mass is 79.9. The lowest BCUT2D eigenvalue weighted by molar-refractivity contribution is 0.628. The van der Waals surface area contributed by atoms with Crippen molar-refractivity contribution in [2.45, 2.75) is 19.8 Å². The Morgan fingerprint density at radius 3 is 2.56 bits per heavy atom. The summed E-state index contributed by atoms with van der Waals surface area (Å²) in [6.07, 6.45) is 0. The van der Waals surface area contributed by atoms with Crippen molar-refractivity contribution in [1.82, 2.24) is 9.97 Å². The van der Waals surface area contributed by atoms with Gasteiger partial charge in [-0.2, -0.15) is 0 Å². The van der Waals surface area contributed by atoms with Gasteiger partial charge in [-0.3, -0.25) is 0 Å². The third-order valence-corrected chi connectivity index (χ3v) is 3.14. The summed E-state index contributed by atoms with van der Waals surface area (Å²) in [5, 5.41) is 0.0910. The Morgan fingerprint density at radius 1 is 1.22 bits per heavy atom. The third-order valence-electron chi connectivity index (χ3n) is 2.44. The average molecular weight is 330 g/mol. The second-order valence-corrected chi connectivity index (χ2v) is 5.44. The number of benzene rings is 1. The summed E-state index contributed by atoms with van der Waals surface area (Å²) in [7, 11) is 0. The summed E-state index contributed by atoms with van der Waals surface area (Å²) in [5.74, 6) is 0.523. The minimum absolute atomic E-state index is 0.0910. The highest BCUT2D eigenvalue weighted by Gasteiger charge is 2.10. The van der Waals surface area contributed by atoms with Crippen LogP contribution in [0.3, 0.4) is 0 Å². The molecule has 18 heavy (non-hydrogen) atoms. The number of nitrogens with zero attached hydrogens (tertiary/aromatic N) is 2. The molecule has 0 spiro atoms. The molecular formula is C13H11BrClFN2. The highest BCUT2D eigenvalue weighted by Crippen LogP contribution is 2.26. The summed E-state index contributed by atoms with van der Waals surface area (Å²) < 4.78 is 13.8. The lowest BCUT2D eigenvalue weighted by Crippen LogP contribution is -1.99. The standard InChI is InChI=1S/C13H11BrClFN2/c1-7(2)13-17-11(6-12(14)18-13)8-3-4-10(16)9(15)5-8/h3-7H,1-2H3. The maximum absolute atomic E-state index is 13.1. The molecule has 5 heteroatoms. The van der Waals surface area contributed by atoms with Crippen LogP contribution in [0.4, 0.5) is 4.39 Å². The van der Waals surface area contributed by atoms with Gasteiger partial charge in [-0.15, -0.1) is 0 Å². The van der Waals surface area contributed by atoms with Crippen LogP contribution in [0.15, 0.2) is 28.9 Å². The van der Waals surface area contributed by atoms with Crippen LogP contribution in [0.5, 0.6) is 0 Å². The Morgan fingerprint density at radius 2 is 1.94 bits per heavy atom. The molecule has 2 nitrogen and oxygen atoms in total. The lowest BCUT2D eigenvalue weighted by atomic mass is 10.1. The van der Waals surface area contributed by atoms with Crippen LogP contribution in [0.2, 0.25) is 5.02 Å². The van der Waals surface area contributed by atoms with Gasteiger partial charge in [-0.1, -0.05) is 25.4 Å². The van der Waals surface area contributed by atoms with E-state index in [0.717, 1.165) is 17.1 Å². The van der Waals surface area contributed by atoms with Gasteiger partial charge in [0.2, 0.25) is 0 Å². The molecule has 0 saturated carbocycles. The third kappa shape index (κ3) is 2.87. The van der Waals surface area contributed by atoms with Gasteiger partial charge in [-0.05, 0) is 40.2 Å². The largest absolute Gasteiger partial charge is 0.233 e. The Labute approximate surface area is 118 Å². The van der Waals surface area contributed by atoms with E-state index in [1.165, 1.54) is 6.07 Å².